The lowest BCUT2D eigenvalue weighted by atomic mass is 10.2. The molecule has 2 aromatic heterocycles. The van der Waals surface area contributed by atoms with Gasteiger partial charge in [0, 0.05) is 6.04 Å². The summed E-state index contributed by atoms with van der Waals surface area (Å²) in [5.74, 6) is 1.02. The minimum absolute atomic E-state index is 0.458. The minimum Gasteiger partial charge on any atom is -0.367 e. The molecule has 0 saturated heterocycles. The second-order valence-electron chi connectivity index (χ2n) is 4.28. The number of aromatic nitrogens is 3. The predicted octanol–water partition coefficient (Wildman–Crippen LogP) is 2.64. The van der Waals surface area contributed by atoms with Gasteiger partial charge in [0.1, 0.15) is 12.1 Å². The van der Waals surface area contributed by atoms with Gasteiger partial charge in [-0.3, -0.25) is 0 Å². The number of hydrogen-bond donors (Lipinski definition) is 1. The molecule has 0 fully saturated rings. The first-order valence-electron chi connectivity index (χ1n) is 5.77. The van der Waals surface area contributed by atoms with Gasteiger partial charge < -0.3 is 5.32 Å². The van der Waals surface area contributed by atoms with Crippen LogP contribution in [0.15, 0.2) is 18.5 Å². The highest BCUT2D eigenvalue weighted by atomic mass is 15.3. The van der Waals surface area contributed by atoms with Crippen molar-refractivity contribution in [2.45, 2.75) is 39.7 Å². The van der Waals surface area contributed by atoms with Crippen molar-refractivity contribution >= 4 is 11.5 Å². The zero-order valence-corrected chi connectivity index (χ0v) is 10.1. The van der Waals surface area contributed by atoms with E-state index in [1.807, 2.05) is 10.6 Å². The van der Waals surface area contributed by atoms with Crippen LogP contribution < -0.4 is 5.32 Å². The van der Waals surface area contributed by atoms with E-state index in [4.69, 9.17) is 0 Å². The molecular weight excluding hydrogens is 200 g/mol. The number of aryl methyl sites for hydroxylation is 1. The van der Waals surface area contributed by atoms with Crippen molar-refractivity contribution in [3.63, 3.8) is 0 Å². The van der Waals surface area contributed by atoms with Crippen LogP contribution in [-0.2, 0) is 0 Å². The molecule has 0 spiro atoms. The molecule has 16 heavy (non-hydrogen) atoms. The number of fused-ring (bicyclic) bond motifs is 1. The molecule has 1 atom stereocenters. The largest absolute Gasteiger partial charge is 0.367 e. The quantitative estimate of drug-likeness (QED) is 0.857. The molecule has 4 heteroatoms. The summed E-state index contributed by atoms with van der Waals surface area (Å²) in [4.78, 5) is 4.21. The number of nitrogens with one attached hydrogen (secondary N) is 1. The summed E-state index contributed by atoms with van der Waals surface area (Å²) < 4.78 is 1.85. The van der Waals surface area contributed by atoms with Gasteiger partial charge in [-0.2, -0.15) is 9.61 Å². The summed E-state index contributed by atoms with van der Waals surface area (Å²) in [5, 5.41) is 7.69. The van der Waals surface area contributed by atoms with Crippen molar-refractivity contribution in [2.24, 2.45) is 0 Å². The predicted molar refractivity (Wildman–Crippen MR) is 65.7 cm³/mol. The fraction of sp³-hybridized carbons (Fsp3) is 0.500. The number of nitrogens with zero attached hydrogens (tertiary/aromatic N) is 3. The Labute approximate surface area is 95.7 Å². The maximum Gasteiger partial charge on any atom is 0.157 e. The third-order valence-corrected chi connectivity index (χ3v) is 2.64. The van der Waals surface area contributed by atoms with Crippen LogP contribution in [0.1, 0.15) is 32.3 Å². The van der Waals surface area contributed by atoms with Crippen molar-refractivity contribution in [2.75, 3.05) is 5.32 Å². The van der Waals surface area contributed by atoms with Gasteiger partial charge in [0.2, 0.25) is 0 Å². The molecule has 2 rings (SSSR count). The Hall–Kier alpha value is -1.58. The molecule has 1 unspecified atom stereocenters. The summed E-state index contributed by atoms with van der Waals surface area (Å²) in [6, 6.07) is 4.59. The number of hydrogen-bond acceptors (Lipinski definition) is 3. The van der Waals surface area contributed by atoms with Gasteiger partial charge in [-0.05, 0) is 38.0 Å². The molecule has 0 radical (unpaired) electrons. The summed E-state index contributed by atoms with van der Waals surface area (Å²) in [6.45, 7) is 6.46. The van der Waals surface area contributed by atoms with Gasteiger partial charge in [-0.1, -0.05) is 13.3 Å². The lowest BCUT2D eigenvalue weighted by Gasteiger charge is -2.15. The molecule has 1 N–H and O–H groups in total. The molecular formula is C12H18N4. The lowest BCUT2D eigenvalue weighted by Crippen LogP contribution is -2.17. The highest BCUT2D eigenvalue weighted by molar-refractivity contribution is 5.51. The molecule has 0 amide bonds. The molecule has 2 aromatic rings. The zero-order chi connectivity index (χ0) is 11.5. The molecule has 0 aliphatic rings. The third-order valence-electron chi connectivity index (χ3n) is 2.64. The van der Waals surface area contributed by atoms with Crippen LogP contribution in [-0.4, -0.2) is 20.6 Å². The Morgan fingerprint density at radius 1 is 1.44 bits per heavy atom. The van der Waals surface area contributed by atoms with Crippen LogP contribution in [0.3, 0.4) is 0 Å². The van der Waals surface area contributed by atoms with E-state index in [0.29, 0.717) is 6.04 Å². The maximum atomic E-state index is 4.22. The Morgan fingerprint density at radius 2 is 2.25 bits per heavy atom. The van der Waals surface area contributed by atoms with E-state index < -0.39 is 0 Å². The smallest absolute Gasteiger partial charge is 0.157 e. The van der Waals surface area contributed by atoms with Crippen LogP contribution in [0.2, 0.25) is 0 Å². The zero-order valence-electron chi connectivity index (χ0n) is 10.1. The molecule has 0 bridgehead atoms. The summed E-state index contributed by atoms with van der Waals surface area (Å²) in [6.07, 6.45) is 3.93. The normalized spacial score (nSPS) is 12.9. The summed E-state index contributed by atoms with van der Waals surface area (Å²) >= 11 is 0. The fourth-order valence-corrected chi connectivity index (χ4v) is 1.92. The molecule has 86 valence electrons. The second kappa shape index (κ2) is 4.51. The Bertz CT molecular complexity index is 475. The van der Waals surface area contributed by atoms with Crippen molar-refractivity contribution in [1.82, 2.24) is 14.6 Å². The number of pyridine rings is 1. The van der Waals surface area contributed by atoms with Gasteiger partial charge in [-0.15, -0.1) is 0 Å². The van der Waals surface area contributed by atoms with Gasteiger partial charge >= 0.3 is 0 Å². The van der Waals surface area contributed by atoms with E-state index in [1.165, 1.54) is 12.0 Å². The van der Waals surface area contributed by atoms with E-state index >= 15 is 0 Å². The van der Waals surface area contributed by atoms with Crippen molar-refractivity contribution in [3.8, 4) is 0 Å². The number of anilines is 1. The first kappa shape index (κ1) is 10.9. The van der Waals surface area contributed by atoms with Crippen molar-refractivity contribution < 1.29 is 0 Å². The topological polar surface area (TPSA) is 42.2 Å². The first-order chi connectivity index (χ1) is 7.70. The van der Waals surface area contributed by atoms with Gasteiger partial charge in [-0.25, -0.2) is 4.98 Å². The first-order valence-corrected chi connectivity index (χ1v) is 5.77. The molecule has 4 nitrogen and oxygen atoms in total. The highest BCUT2D eigenvalue weighted by Crippen LogP contribution is 2.15. The number of rotatable bonds is 4. The van der Waals surface area contributed by atoms with E-state index in [1.54, 1.807) is 6.33 Å². The van der Waals surface area contributed by atoms with Crippen LogP contribution in [0.4, 0.5) is 5.82 Å². The maximum absolute atomic E-state index is 4.22. The van der Waals surface area contributed by atoms with Gasteiger partial charge in [0.25, 0.3) is 0 Å². The second-order valence-corrected chi connectivity index (χ2v) is 4.28. The SMILES string of the molecule is CCCC(C)Nc1cc(C)cc2ncnn12. The van der Waals surface area contributed by atoms with Crippen LogP contribution in [0.5, 0.6) is 0 Å². The third kappa shape index (κ3) is 2.15. The van der Waals surface area contributed by atoms with Gasteiger partial charge in [0.05, 0.1) is 0 Å². The van der Waals surface area contributed by atoms with Crippen LogP contribution >= 0.6 is 0 Å². The molecule has 0 aliphatic carbocycles. The monoisotopic (exact) mass is 218 g/mol. The Balaban J connectivity index is 2.31. The molecule has 0 aliphatic heterocycles. The van der Waals surface area contributed by atoms with Crippen molar-refractivity contribution in [3.05, 3.63) is 24.0 Å². The lowest BCUT2D eigenvalue weighted by molar-refractivity contribution is 0.683. The van der Waals surface area contributed by atoms with Crippen LogP contribution in [0, 0.1) is 6.92 Å². The van der Waals surface area contributed by atoms with E-state index in [9.17, 15) is 0 Å². The van der Waals surface area contributed by atoms with Crippen molar-refractivity contribution in [1.29, 1.82) is 0 Å². The average molecular weight is 218 g/mol. The van der Waals surface area contributed by atoms with Crippen LogP contribution in [0.25, 0.3) is 5.65 Å². The van der Waals surface area contributed by atoms with Gasteiger partial charge in [0.15, 0.2) is 5.65 Å². The Morgan fingerprint density at radius 3 is 3.00 bits per heavy atom. The summed E-state index contributed by atoms with van der Waals surface area (Å²) in [5.41, 5.74) is 2.10. The standard InChI is InChI=1S/C12H18N4/c1-4-5-10(3)15-12-7-9(2)6-11-13-8-14-16(11)12/h6-8,10,15H,4-5H2,1-3H3. The van der Waals surface area contributed by atoms with E-state index in [-0.39, 0.29) is 0 Å². The molecule has 0 saturated carbocycles. The van der Waals surface area contributed by atoms with E-state index in [0.717, 1.165) is 17.9 Å². The molecule has 0 aromatic carbocycles. The fourth-order valence-electron chi connectivity index (χ4n) is 1.92. The van der Waals surface area contributed by atoms with E-state index in [2.05, 4.69) is 42.2 Å². The summed E-state index contributed by atoms with van der Waals surface area (Å²) in [7, 11) is 0. The Kier molecular flexibility index (Phi) is 3.08. The minimum atomic E-state index is 0.458. The average Bonchev–Trinajstić information content (AvgIpc) is 2.65. The molecule has 2 heterocycles. The highest BCUT2D eigenvalue weighted by Gasteiger charge is 2.06.